The van der Waals surface area contributed by atoms with Gasteiger partial charge in [-0.2, -0.15) is 0 Å². The van der Waals surface area contributed by atoms with E-state index in [0.717, 1.165) is 10.8 Å². The smallest absolute Gasteiger partial charge is 0.308 e. The monoisotopic (exact) mass is 292 g/mol. The topological polar surface area (TPSA) is 52.6 Å². The van der Waals surface area contributed by atoms with Crippen molar-refractivity contribution in [3.63, 3.8) is 0 Å². The van der Waals surface area contributed by atoms with Crippen LogP contribution in [0.3, 0.4) is 0 Å². The van der Waals surface area contributed by atoms with Crippen molar-refractivity contribution >= 4 is 26.6 Å². The molecule has 0 spiro atoms. The number of hydrogen-bond acceptors (Lipinski definition) is 4. The van der Waals surface area contributed by atoms with Gasteiger partial charge in [-0.1, -0.05) is 30.3 Å². The second-order valence-corrected chi connectivity index (χ2v) is 6.15. The van der Waals surface area contributed by atoms with Crippen LogP contribution in [-0.4, -0.2) is 35.7 Å². The highest BCUT2D eigenvalue weighted by atomic mass is 28.2. The molecule has 2 unspecified atom stereocenters. The van der Waals surface area contributed by atoms with E-state index >= 15 is 0 Å². The molecule has 4 nitrogen and oxygen atoms in total. The summed E-state index contributed by atoms with van der Waals surface area (Å²) in [5.74, 6) is -1.29. The summed E-state index contributed by atoms with van der Waals surface area (Å²) in [5, 5.41) is 1.08. The van der Waals surface area contributed by atoms with Gasteiger partial charge in [0.25, 0.3) is 0 Å². The Morgan fingerprint density at radius 1 is 1.10 bits per heavy atom. The number of benzene rings is 1. The minimum Gasteiger partial charge on any atom is -0.469 e. The van der Waals surface area contributed by atoms with Crippen molar-refractivity contribution in [2.45, 2.75) is 26.3 Å². The number of esters is 2. The first-order valence-corrected chi connectivity index (χ1v) is 7.48. The second kappa shape index (κ2) is 7.24. The Morgan fingerprint density at radius 3 is 2.25 bits per heavy atom. The summed E-state index contributed by atoms with van der Waals surface area (Å²) in [6.07, 6.45) is 0. The standard InChI is InChI=1S/C15H20O4Si/c1-9-7-6-8-12(10(9)2)20-13(15(17)19-5)11(3)14(16)18-4/h6-8,11,13H,1-5H3. The molecule has 1 aromatic carbocycles. The highest BCUT2D eigenvalue weighted by Gasteiger charge is 2.33. The molecule has 0 heterocycles. The fourth-order valence-corrected chi connectivity index (χ4v) is 3.47. The van der Waals surface area contributed by atoms with Gasteiger partial charge in [-0.3, -0.25) is 9.59 Å². The van der Waals surface area contributed by atoms with Crippen LogP contribution < -0.4 is 5.19 Å². The van der Waals surface area contributed by atoms with Crippen LogP contribution in [0.25, 0.3) is 0 Å². The summed E-state index contributed by atoms with van der Waals surface area (Å²) in [6, 6.07) is 5.97. The lowest BCUT2D eigenvalue weighted by atomic mass is 10.1. The van der Waals surface area contributed by atoms with E-state index in [4.69, 9.17) is 9.47 Å². The highest BCUT2D eigenvalue weighted by molar-refractivity contribution is 6.59. The molecule has 20 heavy (non-hydrogen) atoms. The molecule has 1 aromatic rings. The molecule has 0 fully saturated rings. The number of hydrogen-bond donors (Lipinski definition) is 0. The van der Waals surface area contributed by atoms with E-state index in [2.05, 4.69) is 0 Å². The Labute approximate surface area is 122 Å². The zero-order valence-electron chi connectivity index (χ0n) is 12.5. The Morgan fingerprint density at radius 2 is 1.70 bits per heavy atom. The lowest BCUT2D eigenvalue weighted by Gasteiger charge is -2.20. The maximum Gasteiger partial charge on any atom is 0.308 e. The van der Waals surface area contributed by atoms with Crippen molar-refractivity contribution in [2.75, 3.05) is 14.2 Å². The Bertz CT molecular complexity index is 499. The van der Waals surface area contributed by atoms with E-state index in [-0.39, 0.29) is 15.5 Å². The Kier molecular flexibility index (Phi) is 5.95. The maximum absolute atomic E-state index is 12.0. The fourth-order valence-electron chi connectivity index (χ4n) is 1.91. The number of carbonyl (C=O) groups is 2. The normalized spacial score (nSPS) is 13.4. The van der Waals surface area contributed by atoms with Gasteiger partial charge in [-0.15, -0.1) is 0 Å². The molecule has 0 aliphatic carbocycles. The molecule has 0 bridgehead atoms. The SMILES string of the molecule is COC(=O)C(C)C([Si]c1cccc(C)c1C)C(=O)OC. The molecule has 0 N–H and O–H groups in total. The average Bonchev–Trinajstić information content (AvgIpc) is 2.46. The number of aryl methyl sites for hydroxylation is 1. The van der Waals surface area contributed by atoms with Gasteiger partial charge in [0.2, 0.25) is 0 Å². The summed E-state index contributed by atoms with van der Waals surface area (Å²) in [5.41, 5.74) is 1.81. The molecular formula is C15H20O4Si. The largest absolute Gasteiger partial charge is 0.469 e. The highest BCUT2D eigenvalue weighted by Crippen LogP contribution is 2.21. The number of methoxy groups -OCH3 is 2. The molecule has 0 saturated heterocycles. The summed E-state index contributed by atoms with van der Waals surface area (Å²) >= 11 is 0. The second-order valence-electron chi connectivity index (χ2n) is 4.70. The third-order valence-corrected chi connectivity index (χ3v) is 5.34. The molecule has 0 amide bonds. The molecule has 1 rings (SSSR count). The van der Waals surface area contributed by atoms with Crippen molar-refractivity contribution in [3.05, 3.63) is 29.3 Å². The lowest BCUT2D eigenvalue weighted by molar-refractivity contribution is -0.151. The van der Waals surface area contributed by atoms with Gasteiger partial charge >= 0.3 is 11.9 Å². The first-order valence-electron chi connectivity index (χ1n) is 6.40. The number of carbonyl (C=O) groups excluding carboxylic acids is 2. The van der Waals surface area contributed by atoms with Gasteiger partial charge in [-0.25, -0.2) is 0 Å². The van der Waals surface area contributed by atoms with Crippen molar-refractivity contribution in [3.8, 4) is 0 Å². The lowest BCUT2D eigenvalue weighted by Crippen LogP contribution is -2.35. The predicted octanol–water partition coefficient (Wildman–Crippen LogP) is 1.40. The summed E-state index contributed by atoms with van der Waals surface area (Å²) in [4.78, 5) is 23.6. The van der Waals surface area contributed by atoms with E-state index in [0.29, 0.717) is 0 Å². The Hall–Kier alpha value is -1.62. The van der Waals surface area contributed by atoms with E-state index in [1.54, 1.807) is 6.92 Å². The van der Waals surface area contributed by atoms with Gasteiger partial charge in [0.1, 0.15) is 0 Å². The summed E-state index contributed by atoms with van der Waals surface area (Å²) in [6.45, 7) is 5.75. The molecule has 5 heteroatoms. The third-order valence-electron chi connectivity index (χ3n) is 3.44. The van der Waals surface area contributed by atoms with Crippen LogP contribution in [-0.2, 0) is 19.1 Å². The minimum absolute atomic E-state index is 0.179. The van der Waals surface area contributed by atoms with Crippen LogP contribution in [0.4, 0.5) is 0 Å². The number of rotatable bonds is 5. The number of ether oxygens (including phenoxy) is 2. The van der Waals surface area contributed by atoms with Gasteiger partial charge in [0.05, 0.1) is 35.2 Å². The average molecular weight is 292 g/mol. The van der Waals surface area contributed by atoms with Crippen LogP contribution in [0.15, 0.2) is 18.2 Å². The first-order chi connectivity index (χ1) is 9.42. The van der Waals surface area contributed by atoms with Crippen LogP contribution in [0.5, 0.6) is 0 Å². The van der Waals surface area contributed by atoms with E-state index < -0.39 is 17.4 Å². The van der Waals surface area contributed by atoms with Gasteiger partial charge in [-0.05, 0) is 25.0 Å². The molecular weight excluding hydrogens is 272 g/mol. The third kappa shape index (κ3) is 3.69. The quantitative estimate of drug-likeness (QED) is 0.608. The van der Waals surface area contributed by atoms with Crippen molar-refractivity contribution < 1.29 is 19.1 Å². The van der Waals surface area contributed by atoms with Crippen LogP contribution in [0.1, 0.15) is 18.1 Å². The van der Waals surface area contributed by atoms with Gasteiger partial charge < -0.3 is 9.47 Å². The summed E-state index contributed by atoms with van der Waals surface area (Å²) < 4.78 is 9.57. The molecule has 0 aromatic heterocycles. The molecule has 2 atom stereocenters. The first kappa shape index (κ1) is 16.4. The van der Waals surface area contributed by atoms with E-state index in [9.17, 15) is 9.59 Å². The maximum atomic E-state index is 12.0. The predicted molar refractivity (Wildman–Crippen MR) is 78.3 cm³/mol. The molecule has 2 radical (unpaired) electrons. The zero-order valence-corrected chi connectivity index (χ0v) is 13.5. The summed E-state index contributed by atoms with van der Waals surface area (Å²) in [7, 11) is 2.85. The van der Waals surface area contributed by atoms with Crippen LogP contribution in [0.2, 0.25) is 5.54 Å². The Balaban J connectivity index is 3.04. The molecule has 0 saturated carbocycles. The van der Waals surface area contributed by atoms with Crippen LogP contribution >= 0.6 is 0 Å². The van der Waals surface area contributed by atoms with Gasteiger partial charge in [0.15, 0.2) is 0 Å². The van der Waals surface area contributed by atoms with E-state index in [1.165, 1.54) is 19.8 Å². The molecule has 0 aliphatic rings. The van der Waals surface area contributed by atoms with Gasteiger partial charge in [0, 0.05) is 0 Å². The van der Waals surface area contributed by atoms with Crippen molar-refractivity contribution in [1.82, 2.24) is 0 Å². The van der Waals surface area contributed by atoms with Crippen LogP contribution in [0, 0.1) is 19.8 Å². The molecule has 0 aliphatic heterocycles. The van der Waals surface area contributed by atoms with Crippen molar-refractivity contribution in [2.24, 2.45) is 5.92 Å². The fraction of sp³-hybridized carbons (Fsp3) is 0.467. The zero-order chi connectivity index (χ0) is 15.3. The molecule has 108 valence electrons. The van der Waals surface area contributed by atoms with E-state index in [1.807, 2.05) is 32.0 Å². The minimum atomic E-state index is -0.523. The van der Waals surface area contributed by atoms with Crippen molar-refractivity contribution in [1.29, 1.82) is 0 Å².